The van der Waals surface area contributed by atoms with Gasteiger partial charge < -0.3 is 14.4 Å². The average Bonchev–Trinajstić information content (AvgIpc) is 3.17. The molecule has 8 nitrogen and oxygen atoms in total. The Morgan fingerprint density at radius 3 is 2.39 bits per heavy atom. The van der Waals surface area contributed by atoms with Crippen molar-refractivity contribution in [1.29, 1.82) is 0 Å². The van der Waals surface area contributed by atoms with Gasteiger partial charge >= 0.3 is 0 Å². The Morgan fingerprint density at radius 1 is 0.893 bits per heavy atom. The number of piperazine rings is 1. The molecule has 28 heavy (non-hydrogen) atoms. The molecule has 5 rings (SSSR count). The van der Waals surface area contributed by atoms with Crippen LogP contribution < -0.4 is 9.80 Å². The zero-order valence-electron chi connectivity index (χ0n) is 15.5. The van der Waals surface area contributed by atoms with Crippen molar-refractivity contribution in [2.24, 2.45) is 0 Å². The number of rotatable bonds is 3. The van der Waals surface area contributed by atoms with Crippen molar-refractivity contribution in [1.82, 2.24) is 29.5 Å². The molecule has 0 bridgehead atoms. The molecule has 0 amide bonds. The Hall–Kier alpha value is -3.36. The molecule has 9 heteroatoms. The van der Waals surface area contributed by atoms with Gasteiger partial charge in [-0.05, 0) is 25.1 Å². The molecule has 1 aliphatic rings. The number of hydrogen-bond donors (Lipinski definition) is 0. The van der Waals surface area contributed by atoms with Crippen molar-refractivity contribution < 1.29 is 4.39 Å². The third-order valence-corrected chi connectivity index (χ3v) is 5.18. The highest BCUT2D eigenvalue weighted by atomic mass is 19.1. The van der Waals surface area contributed by atoms with Gasteiger partial charge in [-0.25, -0.2) is 29.3 Å². The highest BCUT2D eigenvalue weighted by molar-refractivity contribution is 5.89. The van der Waals surface area contributed by atoms with E-state index in [9.17, 15) is 4.39 Å². The Morgan fingerprint density at radius 2 is 1.61 bits per heavy atom. The summed E-state index contributed by atoms with van der Waals surface area (Å²) in [5.41, 5.74) is 2.43. The quantitative estimate of drug-likeness (QED) is 0.541. The molecular formula is C19H19FN8. The maximum atomic E-state index is 13.7. The predicted molar refractivity (Wildman–Crippen MR) is 105 cm³/mol. The maximum Gasteiger partial charge on any atom is 0.165 e. The summed E-state index contributed by atoms with van der Waals surface area (Å²) in [4.78, 5) is 26.4. The number of imidazole rings is 1. The summed E-state index contributed by atoms with van der Waals surface area (Å²) in [5.74, 6) is 1.35. The Balaban J connectivity index is 1.42. The van der Waals surface area contributed by atoms with Gasteiger partial charge in [0, 0.05) is 38.1 Å². The first-order chi connectivity index (χ1) is 13.7. The highest BCUT2D eigenvalue weighted by Gasteiger charge is 2.23. The van der Waals surface area contributed by atoms with Crippen LogP contribution in [0.4, 0.5) is 16.0 Å². The molecule has 142 valence electrons. The van der Waals surface area contributed by atoms with E-state index in [1.807, 2.05) is 4.57 Å². The standard InChI is InChI=1S/C19H19FN8/c1-2-26-12-25-16-18(26)23-11-24-19(16)28-7-5-27(6-8-28)17-14-9-13(20)3-4-15(14)21-10-22-17/h3-4,9-12H,2,5-8H2,1H3. The second-order valence-corrected chi connectivity index (χ2v) is 6.73. The summed E-state index contributed by atoms with van der Waals surface area (Å²) in [5, 5.41) is 0.738. The zero-order valence-corrected chi connectivity index (χ0v) is 15.5. The lowest BCUT2D eigenvalue weighted by atomic mass is 10.2. The number of hydrogen-bond acceptors (Lipinski definition) is 7. The van der Waals surface area contributed by atoms with Gasteiger partial charge in [0.25, 0.3) is 0 Å². The molecule has 0 radical (unpaired) electrons. The van der Waals surface area contributed by atoms with Gasteiger partial charge in [-0.1, -0.05) is 0 Å². The monoisotopic (exact) mass is 378 g/mol. The van der Waals surface area contributed by atoms with Crippen LogP contribution in [0.5, 0.6) is 0 Å². The predicted octanol–water partition coefficient (Wildman–Crippen LogP) is 2.26. The first kappa shape index (κ1) is 16.8. The van der Waals surface area contributed by atoms with Crippen molar-refractivity contribution in [3.63, 3.8) is 0 Å². The Bertz CT molecular complexity index is 1150. The van der Waals surface area contributed by atoms with Crippen LogP contribution in [-0.4, -0.2) is 55.7 Å². The van der Waals surface area contributed by atoms with Crippen LogP contribution in [0.25, 0.3) is 22.1 Å². The third-order valence-electron chi connectivity index (χ3n) is 5.18. The molecule has 3 aromatic heterocycles. The van der Waals surface area contributed by atoms with Gasteiger partial charge in [0.1, 0.15) is 24.3 Å². The normalized spacial score (nSPS) is 14.9. The fraction of sp³-hybridized carbons (Fsp3) is 0.316. The van der Waals surface area contributed by atoms with E-state index in [2.05, 4.69) is 41.6 Å². The van der Waals surface area contributed by atoms with Gasteiger partial charge in [0.2, 0.25) is 0 Å². The van der Waals surface area contributed by atoms with Crippen LogP contribution in [0.15, 0.2) is 37.2 Å². The Kier molecular flexibility index (Phi) is 4.00. The van der Waals surface area contributed by atoms with Crippen LogP contribution in [0.3, 0.4) is 0 Å². The first-order valence-electron chi connectivity index (χ1n) is 9.30. The SMILES string of the molecule is CCn1cnc2c(N3CCN(c4ncnc5ccc(F)cc45)CC3)ncnc21. The maximum absolute atomic E-state index is 13.7. The van der Waals surface area contributed by atoms with E-state index in [-0.39, 0.29) is 5.82 Å². The van der Waals surface area contributed by atoms with Crippen LogP contribution in [-0.2, 0) is 6.54 Å². The van der Waals surface area contributed by atoms with Gasteiger partial charge in [-0.2, -0.15) is 0 Å². The largest absolute Gasteiger partial charge is 0.352 e. The fourth-order valence-electron chi connectivity index (χ4n) is 3.73. The molecule has 0 saturated carbocycles. The number of anilines is 2. The zero-order chi connectivity index (χ0) is 19.1. The summed E-state index contributed by atoms with van der Waals surface area (Å²) < 4.78 is 15.8. The van der Waals surface area contributed by atoms with Crippen LogP contribution in [0.2, 0.25) is 0 Å². The smallest absolute Gasteiger partial charge is 0.165 e. The molecule has 1 aliphatic heterocycles. The molecule has 1 aromatic carbocycles. The van der Waals surface area contributed by atoms with Crippen molar-refractivity contribution in [3.05, 3.63) is 43.0 Å². The van der Waals surface area contributed by atoms with Gasteiger partial charge in [0.15, 0.2) is 17.0 Å². The minimum atomic E-state index is -0.280. The van der Waals surface area contributed by atoms with E-state index < -0.39 is 0 Å². The van der Waals surface area contributed by atoms with E-state index in [0.29, 0.717) is 0 Å². The summed E-state index contributed by atoms with van der Waals surface area (Å²) >= 11 is 0. The van der Waals surface area contributed by atoms with Gasteiger partial charge in [0.05, 0.1) is 11.8 Å². The summed E-state index contributed by atoms with van der Waals surface area (Å²) in [6.07, 6.45) is 4.94. The minimum Gasteiger partial charge on any atom is -0.352 e. The molecule has 0 aliphatic carbocycles. The Labute approximate surface area is 160 Å². The molecule has 0 unspecified atom stereocenters. The molecule has 0 N–H and O–H groups in total. The number of nitrogens with zero attached hydrogens (tertiary/aromatic N) is 8. The van der Waals surface area contributed by atoms with Crippen LogP contribution in [0, 0.1) is 5.82 Å². The molecule has 4 heterocycles. The highest BCUT2D eigenvalue weighted by Crippen LogP contribution is 2.27. The average molecular weight is 378 g/mol. The molecular weight excluding hydrogens is 359 g/mol. The second-order valence-electron chi connectivity index (χ2n) is 6.73. The minimum absolute atomic E-state index is 0.280. The fourth-order valence-corrected chi connectivity index (χ4v) is 3.73. The molecule has 1 fully saturated rings. The van der Waals surface area contributed by atoms with E-state index in [4.69, 9.17) is 0 Å². The third kappa shape index (κ3) is 2.70. The lowest BCUT2D eigenvalue weighted by Crippen LogP contribution is -2.47. The van der Waals surface area contributed by atoms with Crippen molar-refractivity contribution in [3.8, 4) is 0 Å². The lowest BCUT2D eigenvalue weighted by molar-refractivity contribution is 0.628. The summed E-state index contributed by atoms with van der Waals surface area (Å²) in [7, 11) is 0. The van der Waals surface area contributed by atoms with E-state index in [0.717, 1.165) is 66.4 Å². The number of aromatic nitrogens is 6. The van der Waals surface area contributed by atoms with E-state index >= 15 is 0 Å². The molecule has 4 aromatic rings. The summed E-state index contributed by atoms with van der Waals surface area (Å²) in [6, 6.07) is 4.61. The number of aryl methyl sites for hydroxylation is 1. The van der Waals surface area contributed by atoms with Crippen LogP contribution in [0.1, 0.15) is 6.92 Å². The number of fused-ring (bicyclic) bond motifs is 2. The molecule has 0 atom stereocenters. The first-order valence-corrected chi connectivity index (χ1v) is 9.30. The number of halogens is 1. The molecule has 1 saturated heterocycles. The topological polar surface area (TPSA) is 75.9 Å². The van der Waals surface area contributed by atoms with E-state index in [1.165, 1.54) is 18.5 Å². The summed E-state index contributed by atoms with van der Waals surface area (Å²) in [6.45, 7) is 5.93. The van der Waals surface area contributed by atoms with Gasteiger partial charge in [-0.15, -0.1) is 0 Å². The van der Waals surface area contributed by atoms with Crippen molar-refractivity contribution >= 4 is 33.7 Å². The van der Waals surface area contributed by atoms with Crippen molar-refractivity contribution in [2.75, 3.05) is 36.0 Å². The van der Waals surface area contributed by atoms with E-state index in [1.54, 1.807) is 18.7 Å². The second kappa shape index (κ2) is 6.66. The van der Waals surface area contributed by atoms with Crippen LogP contribution >= 0.6 is 0 Å². The number of benzene rings is 1. The van der Waals surface area contributed by atoms with Crippen molar-refractivity contribution in [2.45, 2.75) is 13.5 Å². The lowest BCUT2D eigenvalue weighted by Gasteiger charge is -2.36. The van der Waals surface area contributed by atoms with Gasteiger partial charge in [-0.3, -0.25) is 0 Å². The molecule has 0 spiro atoms.